The van der Waals surface area contributed by atoms with Crippen molar-refractivity contribution in [3.05, 3.63) is 80.6 Å². The summed E-state index contributed by atoms with van der Waals surface area (Å²) in [6, 6.07) is 5.03. The average Bonchev–Trinajstić information content (AvgIpc) is 3.64. The number of halogens is 6. The Morgan fingerprint density at radius 2 is 1.79 bits per heavy atom. The van der Waals surface area contributed by atoms with E-state index in [9.17, 15) is 31.9 Å². The molecule has 3 heterocycles. The molecule has 0 aliphatic heterocycles. The van der Waals surface area contributed by atoms with Crippen molar-refractivity contribution in [2.24, 2.45) is 0 Å². The number of fused-ring (bicyclic) bond motifs is 3. The maximum absolute atomic E-state index is 14.5. The number of thiophene rings is 1. The maximum atomic E-state index is 14.5. The Balaban J connectivity index is 1.63. The van der Waals surface area contributed by atoms with Crippen LogP contribution in [0.2, 0.25) is 5.02 Å². The van der Waals surface area contributed by atoms with Gasteiger partial charge in [-0.3, -0.25) is 9.36 Å². The van der Waals surface area contributed by atoms with Gasteiger partial charge in [0.25, 0.3) is 5.56 Å². The molecule has 6 rings (SSSR count). The van der Waals surface area contributed by atoms with Gasteiger partial charge >= 0.3 is 6.18 Å². The third-order valence-electron chi connectivity index (χ3n) is 6.34. The fourth-order valence-electron chi connectivity index (χ4n) is 4.39. The smallest absolute Gasteiger partial charge is 0.451 e. The first-order chi connectivity index (χ1) is 18.0. The number of aromatic nitrogens is 4. The van der Waals surface area contributed by atoms with Crippen LogP contribution in [0.1, 0.15) is 35.7 Å². The molecule has 2 aromatic carbocycles. The average molecular weight is 565 g/mol. The molecule has 1 N–H and O–H groups in total. The molecule has 1 aliphatic carbocycles. The highest BCUT2D eigenvalue weighted by molar-refractivity contribution is 7.25. The van der Waals surface area contributed by atoms with Crippen LogP contribution in [-0.2, 0) is 12.7 Å². The monoisotopic (exact) mass is 564 g/mol. The van der Waals surface area contributed by atoms with Crippen molar-refractivity contribution < 1.29 is 27.1 Å². The Bertz CT molecular complexity index is 1810. The normalized spacial score (nSPS) is 14.1. The number of hydrogen-bond donors (Lipinski definition) is 1. The number of aromatic hydroxyl groups is 1. The molecule has 0 bridgehead atoms. The zero-order valence-corrected chi connectivity index (χ0v) is 20.6. The highest BCUT2D eigenvalue weighted by Gasteiger charge is 2.34. The van der Waals surface area contributed by atoms with Crippen molar-refractivity contribution in [1.82, 2.24) is 19.5 Å². The van der Waals surface area contributed by atoms with Gasteiger partial charge in [-0.15, -0.1) is 11.3 Å². The van der Waals surface area contributed by atoms with E-state index in [1.165, 1.54) is 10.6 Å². The lowest BCUT2D eigenvalue weighted by molar-refractivity contribution is -0.145. The number of alkyl halides is 3. The Labute approximate surface area is 219 Å². The quantitative estimate of drug-likeness (QED) is 0.247. The summed E-state index contributed by atoms with van der Waals surface area (Å²) in [4.78, 5) is 25.5. The first kappa shape index (κ1) is 24.7. The van der Waals surface area contributed by atoms with Gasteiger partial charge in [0.15, 0.2) is 17.4 Å². The Morgan fingerprint density at radius 1 is 1.11 bits per heavy atom. The number of phenols is 1. The zero-order chi connectivity index (χ0) is 26.9. The number of rotatable bonds is 4. The van der Waals surface area contributed by atoms with E-state index in [2.05, 4.69) is 15.0 Å². The van der Waals surface area contributed by atoms with Crippen LogP contribution in [-0.4, -0.2) is 24.6 Å². The Morgan fingerprint density at radius 3 is 2.45 bits per heavy atom. The van der Waals surface area contributed by atoms with Gasteiger partial charge in [-0.25, -0.2) is 23.7 Å². The van der Waals surface area contributed by atoms with Crippen LogP contribution < -0.4 is 5.56 Å². The van der Waals surface area contributed by atoms with Crippen LogP contribution >= 0.6 is 22.9 Å². The van der Waals surface area contributed by atoms with E-state index in [-0.39, 0.29) is 50.4 Å². The van der Waals surface area contributed by atoms with E-state index in [0.717, 1.165) is 48.7 Å². The van der Waals surface area contributed by atoms with Gasteiger partial charge in [-0.05, 0) is 42.5 Å². The second-order valence-corrected chi connectivity index (χ2v) is 10.3. The molecule has 0 saturated heterocycles. The third-order valence-corrected chi connectivity index (χ3v) is 7.75. The largest absolute Gasteiger partial charge is 0.505 e. The lowest BCUT2D eigenvalue weighted by atomic mass is 10.0. The predicted molar refractivity (Wildman–Crippen MR) is 132 cm³/mol. The highest BCUT2D eigenvalue weighted by atomic mass is 35.5. The van der Waals surface area contributed by atoms with E-state index >= 15 is 0 Å². The van der Waals surface area contributed by atoms with Crippen molar-refractivity contribution in [2.75, 3.05) is 0 Å². The van der Waals surface area contributed by atoms with E-state index in [1.807, 2.05) is 0 Å². The lowest BCUT2D eigenvalue weighted by Crippen LogP contribution is -2.24. The van der Waals surface area contributed by atoms with Crippen LogP contribution in [0.3, 0.4) is 0 Å². The molecule has 194 valence electrons. The van der Waals surface area contributed by atoms with E-state index in [0.29, 0.717) is 15.6 Å². The summed E-state index contributed by atoms with van der Waals surface area (Å²) in [6.45, 7) is -0.296. The number of nitrogens with zero attached hydrogens (tertiary/aromatic N) is 4. The maximum Gasteiger partial charge on any atom is 0.451 e. The van der Waals surface area contributed by atoms with Crippen LogP contribution in [0.5, 0.6) is 5.75 Å². The van der Waals surface area contributed by atoms with Crippen molar-refractivity contribution in [3.8, 4) is 17.1 Å². The first-order valence-corrected chi connectivity index (χ1v) is 12.4. The van der Waals surface area contributed by atoms with E-state index in [1.54, 1.807) is 6.07 Å². The van der Waals surface area contributed by atoms with E-state index in [4.69, 9.17) is 11.6 Å². The van der Waals surface area contributed by atoms with Gasteiger partial charge in [-0.1, -0.05) is 17.7 Å². The predicted octanol–water partition coefficient (Wildman–Crippen LogP) is 6.65. The van der Waals surface area contributed by atoms with Gasteiger partial charge in [0.2, 0.25) is 5.82 Å². The summed E-state index contributed by atoms with van der Waals surface area (Å²) < 4.78 is 69.0. The van der Waals surface area contributed by atoms with Gasteiger partial charge in [0.05, 0.1) is 21.7 Å². The van der Waals surface area contributed by atoms with Crippen molar-refractivity contribution >= 4 is 43.2 Å². The topological polar surface area (TPSA) is 80.9 Å². The summed E-state index contributed by atoms with van der Waals surface area (Å²) in [5.74, 6) is -3.80. The minimum absolute atomic E-state index is 0.000316. The fourth-order valence-corrected chi connectivity index (χ4v) is 5.71. The molecular formula is C25H14ClF5N4O2S. The zero-order valence-electron chi connectivity index (χ0n) is 19.0. The van der Waals surface area contributed by atoms with Crippen LogP contribution in [0.4, 0.5) is 22.0 Å². The van der Waals surface area contributed by atoms with Crippen LogP contribution in [0.25, 0.3) is 31.7 Å². The third kappa shape index (κ3) is 4.08. The molecule has 1 aliphatic rings. The molecule has 0 unspecified atom stereocenters. The molecule has 0 radical (unpaired) electrons. The number of phenolic OH excluding ortho intramolecular Hbond substituents is 1. The van der Waals surface area contributed by atoms with Gasteiger partial charge < -0.3 is 5.11 Å². The molecule has 5 aromatic rings. The lowest BCUT2D eigenvalue weighted by Gasteiger charge is -2.16. The standard InChI is InChI=1S/C25H14ClF5N4O2S/c26-15-4-3-12-18-22(38-20(12)19(15)36)34-21(14-6-17(28)16(27)5-13(14)11-1-2-11)35(23(18)37)9-10-7-32-24(33-8-10)25(29,30)31/h3-8,11,36H,1-2,9H2. The Hall–Kier alpha value is -3.64. The molecule has 0 atom stereocenters. The summed E-state index contributed by atoms with van der Waals surface area (Å²) in [6.07, 6.45) is -1.37. The summed E-state index contributed by atoms with van der Waals surface area (Å²) in [7, 11) is 0. The van der Waals surface area contributed by atoms with Crippen molar-refractivity contribution in [3.63, 3.8) is 0 Å². The molecule has 6 nitrogen and oxygen atoms in total. The molecule has 0 spiro atoms. The van der Waals surface area contributed by atoms with Crippen molar-refractivity contribution in [1.29, 1.82) is 0 Å². The molecule has 1 fully saturated rings. The SMILES string of the molecule is O=c1c2c(nc(-c3cc(F)c(F)cc3C3CC3)n1Cc1cnc(C(F)(F)F)nc1)sc1c(O)c(Cl)ccc12. The summed E-state index contributed by atoms with van der Waals surface area (Å²) in [5, 5.41) is 11.1. The highest BCUT2D eigenvalue weighted by Crippen LogP contribution is 2.46. The minimum Gasteiger partial charge on any atom is -0.505 e. The fraction of sp³-hybridized carbons (Fsp3) is 0.200. The second-order valence-electron chi connectivity index (χ2n) is 8.92. The van der Waals surface area contributed by atoms with Gasteiger partial charge in [-0.2, -0.15) is 13.2 Å². The molecular weight excluding hydrogens is 551 g/mol. The van der Waals surface area contributed by atoms with Crippen LogP contribution in [0, 0.1) is 11.6 Å². The molecule has 0 amide bonds. The van der Waals surface area contributed by atoms with Crippen molar-refractivity contribution in [2.45, 2.75) is 31.5 Å². The molecule has 1 saturated carbocycles. The molecule has 13 heteroatoms. The summed E-state index contributed by atoms with van der Waals surface area (Å²) in [5.41, 5.74) is 0.227. The molecule has 3 aromatic heterocycles. The molecule has 38 heavy (non-hydrogen) atoms. The van der Waals surface area contributed by atoms with Gasteiger partial charge in [0.1, 0.15) is 10.7 Å². The number of hydrogen-bond acceptors (Lipinski definition) is 6. The van der Waals surface area contributed by atoms with Gasteiger partial charge in [0, 0.05) is 28.9 Å². The number of benzene rings is 2. The Kier molecular flexibility index (Phi) is 5.65. The van der Waals surface area contributed by atoms with Crippen LogP contribution in [0.15, 0.2) is 41.5 Å². The second kappa shape index (κ2) is 8.70. The first-order valence-electron chi connectivity index (χ1n) is 11.2. The van der Waals surface area contributed by atoms with E-state index < -0.39 is 29.2 Å². The summed E-state index contributed by atoms with van der Waals surface area (Å²) >= 11 is 7.05. The minimum atomic E-state index is -4.75.